The molecule has 0 unspecified atom stereocenters. The van der Waals surface area contributed by atoms with Gasteiger partial charge in [0.05, 0.1) is 16.6 Å². The minimum absolute atomic E-state index is 0.873. The molecule has 0 fully saturated rings. The summed E-state index contributed by atoms with van der Waals surface area (Å²) in [7, 11) is -6.45. The molecule has 5 heterocycles. The average molecular weight is 990 g/mol. The van der Waals surface area contributed by atoms with Crippen molar-refractivity contribution in [1.29, 1.82) is 0 Å². The van der Waals surface area contributed by atoms with Crippen LogP contribution in [0.5, 0.6) is 0 Å². The minimum Gasteiger partial charge on any atom is -0.309 e. The third-order valence-corrected chi connectivity index (χ3v) is 25.6. The second-order valence-corrected chi connectivity index (χ2v) is 27.2. The van der Waals surface area contributed by atoms with Crippen molar-refractivity contribution in [2.75, 3.05) is 4.90 Å². The zero-order valence-electron chi connectivity index (χ0n) is 40.9. The summed E-state index contributed by atoms with van der Waals surface area (Å²) in [6.07, 6.45) is 5.97. The van der Waals surface area contributed by atoms with Gasteiger partial charge in [0.1, 0.15) is 11.5 Å². The van der Waals surface area contributed by atoms with Crippen molar-refractivity contribution in [1.82, 2.24) is 18.9 Å². The van der Waals surface area contributed by atoms with E-state index in [4.69, 9.17) is 9.97 Å². The molecule has 0 spiro atoms. The molecule has 0 aliphatic carbocycles. The monoisotopic (exact) mass is 989 g/mol. The van der Waals surface area contributed by atoms with E-state index in [9.17, 15) is 0 Å². The lowest BCUT2D eigenvalue weighted by molar-refractivity contribution is 1.17. The highest BCUT2D eigenvalue weighted by atomic mass is 28.3. The first kappa shape index (κ1) is 43.2. The van der Waals surface area contributed by atoms with Crippen LogP contribution < -0.4 is 46.4 Å². The Balaban J connectivity index is 1.11. The topological polar surface area (TPSA) is 38.4 Å². The lowest BCUT2D eigenvalue weighted by atomic mass is 10.1. The first-order valence-corrected chi connectivity index (χ1v) is 29.7. The van der Waals surface area contributed by atoms with Gasteiger partial charge < -0.3 is 4.57 Å². The van der Waals surface area contributed by atoms with Crippen molar-refractivity contribution in [3.05, 3.63) is 286 Å². The summed E-state index contributed by atoms with van der Waals surface area (Å²) in [5, 5.41) is 16.4. The van der Waals surface area contributed by atoms with E-state index in [1.54, 1.807) is 0 Å². The maximum Gasteiger partial charge on any atom is 0.184 e. The van der Waals surface area contributed by atoms with E-state index in [2.05, 4.69) is 281 Å². The summed E-state index contributed by atoms with van der Waals surface area (Å²) in [6.45, 7) is 0. The van der Waals surface area contributed by atoms with Crippen LogP contribution in [0.25, 0.3) is 54.8 Å². The number of nitrogens with zero attached hydrogens (tertiary/aromatic N) is 5. The predicted molar refractivity (Wildman–Crippen MR) is 318 cm³/mol. The summed E-state index contributed by atoms with van der Waals surface area (Å²) in [4.78, 5) is 12.8. The number of fused-ring (bicyclic) bond motifs is 11. The molecule has 352 valence electrons. The van der Waals surface area contributed by atoms with Gasteiger partial charge in [-0.1, -0.05) is 212 Å². The van der Waals surface area contributed by atoms with Crippen LogP contribution in [0.2, 0.25) is 0 Å². The Hall–Kier alpha value is -9.41. The third-order valence-electron chi connectivity index (χ3n) is 16.0. The maximum absolute atomic E-state index is 5.28. The van der Waals surface area contributed by atoms with Gasteiger partial charge >= 0.3 is 0 Å². The number of benzene rings is 10. The molecule has 0 atom stereocenters. The number of hydrogen-bond acceptors (Lipinski definition) is 3. The molecule has 0 N–H and O–H groups in total. The molecule has 0 amide bonds. The first-order valence-electron chi connectivity index (χ1n) is 25.7. The Morgan fingerprint density at radius 2 is 0.907 bits per heavy atom. The van der Waals surface area contributed by atoms with Crippen molar-refractivity contribution in [2.45, 2.75) is 0 Å². The third kappa shape index (κ3) is 6.29. The van der Waals surface area contributed by atoms with Crippen LogP contribution in [0.1, 0.15) is 0 Å². The van der Waals surface area contributed by atoms with Crippen molar-refractivity contribution in [2.24, 2.45) is 0 Å². The van der Waals surface area contributed by atoms with E-state index in [0.29, 0.717) is 0 Å². The highest BCUT2D eigenvalue weighted by Gasteiger charge is 2.51. The van der Waals surface area contributed by atoms with Crippen LogP contribution in [0.4, 0.5) is 17.2 Å². The lowest BCUT2D eigenvalue weighted by Gasteiger charge is -2.45. The molecule has 10 aromatic carbocycles. The number of imidazole rings is 1. The van der Waals surface area contributed by atoms with Crippen molar-refractivity contribution < 1.29 is 0 Å². The second kappa shape index (κ2) is 17.1. The van der Waals surface area contributed by atoms with E-state index < -0.39 is 16.1 Å². The number of anilines is 3. The molecule has 14 aromatic rings. The molecular formula is C68H47N5Si2. The summed E-state index contributed by atoms with van der Waals surface area (Å²) >= 11 is 0. The van der Waals surface area contributed by atoms with Gasteiger partial charge in [-0.15, -0.1) is 0 Å². The largest absolute Gasteiger partial charge is 0.309 e. The van der Waals surface area contributed by atoms with E-state index in [1.807, 2.05) is 18.5 Å². The van der Waals surface area contributed by atoms with Gasteiger partial charge in [0.2, 0.25) is 0 Å². The zero-order chi connectivity index (χ0) is 49.5. The van der Waals surface area contributed by atoms with E-state index in [0.717, 1.165) is 39.4 Å². The van der Waals surface area contributed by atoms with Crippen LogP contribution in [0.3, 0.4) is 0 Å². The summed E-state index contributed by atoms with van der Waals surface area (Å²) < 4.78 is 4.72. The highest BCUT2D eigenvalue weighted by molar-refractivity contribution is 7.22. The van der Waals surface area contributed by atoms with Gasteiger partial charge in [-0.2, -0.15) is 0 Å². The lowest BCUT2D eigenvalue weighted by Crippen LogP contribution is -2.78. The van der Waals surface area contributed by atoms with E-state index >= 15 is 0 Å². The SMILES string of the molecule is c1ccc(-n2c3ccccc3c3cc4c(cc32)[Si](c2ccccc2)(c2ccccc2)c2ccc([Si](c3ccccc3)(c3ccccc3)c3ccc5c6ccccc6n6ccnc6c5c3)cc2N4c2ccccn2)cc1. The van der Waals surface area contributed by atoms with Crippen molar-refractivity contribution >= 4 is 124 Å². The van der Waals surface area contributed by atoms with Gasteiger partial charge in [-0.3, -0.25) is 9.30 Å². The quantitative estimate of drug-likeness (QED) is 0.0865. The molecule has 1 aliphatic rings. The van der Waals surface area contributed by atoms with Gasteiger partial charge in [-0.05, 0) is 101 Å². The number of aromatic nitrogens is 4. The average Bonchev–Trinajstić information content (AvgIpc) is 4.16. The molecule has 1 aliphatic heterocycles. The van der Waals surface area contributed by atoms with Crippen LogP contribution in [-0.4, -0.2) is 35.1 Å². The molecule has 0 saturated heterocycles. The van der Waals surface area contributed by atoms with Crippen molar-refractivity contribution in [3.63, 3.8) is 0 Å². The normalized spacial score (nSPS) is 13.1. The van der Waals surface area contributed by atoms with Gasteiger partial charge in [-0.25, -0.2) is 9.97 Å². The highest BCUT2D eigenvalue weighted by Crippen LogP contribution is 2.42. The fraction of sp³-hybridized carbons (Fsp3) is 0. The summed E-state index contributed by atoms with van der Waals surface area (Å²) in [5.74, 6) is 0.873. The predicted octanol–water partition coefficient (Wildman–Crippen LogP) is 10.7. The number of pyridine rings is 2. The van der Waals surface area contributed by atoms with Crippen molar-refractivity contribution in [3.8, 4) is 5.69 Å². The van der Waals surface area contributed by atoms with E-state index in [1.165, 1.54) is 74.1 Å². The van der Waals surface area contributed by atoms with E-state index in [-0.39, 0.29) is 0 Å². The molecular weight excluding hydrogens is 943 g/mol. The van der Waals surface area contributed by atoms with Gasteiger partial charge in [0.25, 0.3) is 0 Å². The standard InChI is InChI=1S/C68H47N5Si2/c1-6-22-48(23-7-1)72-61-35-19-17-33-57(61)58-46-64-66(47-62(58)72)75(51-28-12-4-13-29-51,52-30-14-5-15-31-52)65-40-38-54(45-63(65)73(64)67-36-20-21-41-69-67)74(49-24-8-2-9-25-49,50-26-10-3-11-27-50)53-37-39-55-56-32-16-18-34-60(56)71-43-42-70-68(71)59(55)44-53/h1-47H. The molecule has 4 aromatic heterocycles. The number of rotatable bonds is 8. The number of para-hydroxylation sites is 3. The smallest absolute Gasteiger partial charge is 0.184 e. The summed E-state index contributed by atoms with van der Waals surface area (Å²) in [5.41, 5.74) is 7.89. The van der Waals surface area contributed by atoms with Crippen LogP contribution >= 0.6 is 0 Å². The number of hydrogen-bond donors (Lipinski definition) is 0. The fourth-order valence-electron chi connectivity index (χ4n) is 13.0. The summed E-state index contributed by atoms with van der Waals surface area (Å²) in [6, 6.07) is 100. The minimum atomic E-state index is -3.22. The van der Waals surface area contributed by atoms with Gasteiger partial charge in [0, 0.05) is 57.2 Å². The molecule has 75 heavy (non-hydrogen) atoms. The Labute approximate surface area is 436 Å². The molecule has 15 rings (SSSR count). The maximum atomic E-state index is 5.28. The molecule has 5 nitrogen and oxygen atoms in total. The molecule has 0 radical (unpaired) electrons. The zero-order valence-corrected chi connectivity index (χ0v) is 42.9. The first-order chi connectivity index (χ1) is 37.2. The Morgan fingerprint density at radius 1 is 0.347 bits per heavy atom. The van der Waals surface area contributed by atoms with Gasteiger partial charge in [0.15, 0.2) is 16.1 Å². The van der Waals surface area contributed by atoms with Crippen LogP contribution in [-0.2, 0) is 0 Å². The van der Waals surface area contributed by atoms with Crippen LogP contribution in [0.15, 0.2) is 286 Å². The molecule has 0 bridgehead atoms. The Morgan fingerprint density at radius 3 is 1.57 bits per heavy atom. The molecule has 0 saturated carbocycles. The van der Waals surface area contributed by atoms with Crippen LogP contribution in [0, 0.1) is 0 Å². The molecule has 7 heteroatoms. The Bertz CT molecular complexity index is 4390. The Kier molecular flexibility index (Phi) is 9.85. The fourth-order valence-corrected chi connectivity index (χ4v) is 22.8. The second-order valence-electron chi connectivity index (χ2n) is 19.7.